The summed E-state index contributed by atoms with van der Waals surface area (Å²) < 4.78 is 0. The molecule has 1 aliphatic carbocycles. The summed E-state index contributed by atoms with van der Waals surface area (Å²) in [5.41, 5.74) is 3.61. The summed E-state index contributed by atoms with van der Waals surface area (Å²) in [6.07, 6.45) is 9.79. The van der Waals surface area contributed by atoms with Crippen molar-refractivity contribution in [1.82, 2.24) is 0 Å². The summed E-state index contributed by atoms with van der Waals surface area (Å²) in [5.74, 6) is 0. The first-order chi connectivity index (χ1) is 9.27. The number of hydrogen-bond donors (Lipinski definition) is 0. The van der Waals surface area contributed by atoms with Crippen molar-refractivity contribution in [3.05, 3.63) is 60.2 Å². The van der Waals surface area contributed by atoms with E-state index in [0.29, 0.717) is 0 Å². The predicted molar refractivity (Wildman–Crippen MR) is 87.3 cm³/mol. The van der Waals surface area contributed by atoms with E-state index in [2.05, 4.69) is 50.4 Å². The molecule has 0 heterocycles. The lowest BCUT2D eigenvalue weighted by molar-refractivity contribution is 0.504. The molecule has 19 heavy (non-hydrogen) atoms. The molecule has 0 N–H and O–H groups in total. The van der Waals surface area contributed by atoms with Crippen LogP contribution in [0.15, 0.2) is 43.5 Å². The van der Waals surface area contributed by atoms with Crippen molar-refractivity contribution >= 4 is 22.9 Å². The van der Waals surface area contributed by atoms with E-state index in [1.165, 1.54) is 47.6 Å². The molecule has 1 aliphatic rings. The molecule has 1 fully saturated rings. The second-order valence-electron chi connectivity index (χ2n) is 5.05. The van der Waals surface area contributed by atoms with Crippen molar-refractivity contribution < 1.29 is 0 Å². The Balaban J connectivity index is 0.000000284. The van der Waals surface area contributed by atoms with Crippen LogP contribution in [0.25, 0.3) is 22.9 Å². The van der Waals surface area contributed by atoms with Crippen molar-refractivity contribution in [2.75, 3.05) is 0 Å². The molecule has 0 radical (unpaired) electrons. The van der Waals surface area contributed by atoms with Crippen LogP contribution in [0, 0.1) is 6.92 Å². The Morgan fingerprint density at radius 3 is 2.11 bits per heavy atom. The highest BCUT2D eigenvalue weighted by Crippen LogP contribution is 2.26. The van der Waals surface area contributed by atoms with E-state index in [4.69, 9.17) is 0 Å². The van der Waals surface area contributed by atoms with E-state index in [1.807, 2.05) is 12.2 Å². The van der Waals surface area contributed by atoms with Gasteiger partial charge in [-0.15, -0.1) is 0 Å². The SMILES string of the molecule is C1CCC1.C=Cc1cc2ccccc2c(C)c1C=C. The molecule has 0 aliphatic heterocycles. The molecule has 0 atom stereocenters. The molecule has 1 saturated carbocycles. The van der Waals surface area contributed by atoms with Crippen LogP contribution in [0.1, 0.15) is 42.4 Å². The summed E-state index contributed by atoms with van der Waals surface area (Å²) >= 11 is 0. The van der Waals surface area contributed by atoms with Crippen molar-refractivity contribution in [3.8, 4) is 0 Å². The molecule has 0 aromatic heterocycles. The fourth-order valence-corrected chi connectivity index (χ4v) is 2.26. The van der Waals surface area contributed by atoms with E-state index in [-0.39, 0.29) is 0 Å². The lowest BCUT2D eigenvalue weighted by atomic mass is 9.95. The second kappa shape index (κ2) is 6.38. The minimum Gasteiger partial charge on any atom is -0.0984 e. The van der Waals surface area contributed by atoms with Gasteiger partial charge in [0.2, 0.25) is 0 Å². The van der Waals surface area contributed by atoms with Crippen LogP contribution in [0.5, 0.6) is 0 Å². The highest BCUT2D eigenvalue weighted by Gasteiger charge is 2.04. The van der Waals surface area contributed by atoms with Crippen LogP contribution in [-0.4, -0.2) is 0 Å². The van der Waals surface area contributed by atoms with Crippen LogP contribution in [0.2, 0.25) is 0 Å². The van der Waals surface area contributed by atoms with Gasteiger partial charge in [-0.2, -0.15) is 0 Å². The maximum atomic E-state index is 3.86. The zero-order chi connectivity index (χ0) is 13.7. The first kappa shape index (κ1) is 13.6. The van der Waals surface area contributed by atoms with Crippen molar-refractivity contribution in [1.29, 1.82) is 0 Å². The Morgan fingerprint density at radius 2 is 1.58 bits per heavy atom. The minimum atomic E-state index is 1.15. The summed E-state index contributed by atoms with van der Waals surface area (Å²) in [5, 5.41) is 2.55. The fourth-order valence-electron chi connectivity index (χ4n) is 2.26. The van der Waals surface area contributed by atoms with Gasteiger partial charge in [0.25, 0.3) is 0 Å². The van der Waals surface area contributed by atoms with Gasteiger partial charge in [0.05, 0.1) is 0 Å². The largest absolute Gasteiger partial charge is 0.0984 e. The lowest BCUT2D eigenvalue weighted by Crippen LogP contribution is -1.88. The van der Waals surface area contributed by atoms with E-state index < -0.39 is 0 Å². The highest BCUT2D eigenvalue weighted by atomic mass is 14.1. The van der Waals surface area contributed by atoms with Crippen molar-refractivity contribution in [2.24, 2.45) is 0 Å². The Bertz CT molecular complexity index is 582. The van der Waals surface area contributed by atoms with Gasteiger partial charge in [-0.05, 0) is 40.5 Å². The molecule has 0 amide bonds. The third kappa shape index (κ3) is 2.96. The Hall–Kier alpha value is -1.82. The number of hydrogen-bond acceptors (Lipinski definition) is 0. The Morgan fingerprint density at radius 1 is 0.947 bits per heavy atom. The van der Waals surface area contributed by atoms with Gasteiger partial charge < -0.3 is 0 Å². The number of benzene rings is 2. The first-order valence-electron chi connectivity index (χ1n) is 7.05. The topological polar surface area (TPSA) is 0 Å². The van der Waals surface area contributed by atoms with Gasteiger partial charge in [-0.25, -0.2) is 0 Å². The third-order valence-electron chi connectivity index (χ3n) is 3.81. The van der Waals surface area contributed by atoms with Crippen LogP contribution in [-0.2, 0) is 0 Å². The standard InChI is InChI=1S/C15H14.C4H8/c1-4-12-10-13-8-6-7-9-15(13)11(3)14(12)5-2;1-2-4-3-1/h4-10H,1-2H2,3H3;1-4H2. The monoisotopic (exact) mass is 250 g/mol. The number of fused-ring (bicyclic) bond motifs is 1. The van der Waals surface area contributed by atoms with Gasteiger partial charge >= 0.3 is 0 Å². The number of rotatable bonds is 2. The maximum absolute atomic E-state index is 3.86. The lowest BCUT2D eigenvalue weighted by Gasteiger charge is -2.09. The third-order valence-corrected chi connectivity index (χ3v) is 3.81. The summed E-state index contributed by atoms with van der Waals surface area (Å²) in [6.45, 7) is 9.83. The van der Waals surface area contributed by atoms with E-state index >= 15 is 0 Å². The van der Waals surface area contributed by atoms with E-state index in [1.54, 1.807) is 0 Å². The van der Waals surface area contributed by atoms with E-state index in [0.717, 1.165) is 5.56 Å². The molecular formula is C19H22. The van der Waals surface area contributed by atoms with Gasteiger partial charge in [0, 0.05) is 0 Å². The smallest absolute Gasteiger partial charge is 0.0148 e. The predicted octanol–water partition coefficient (Wildman–Crippen LogP) is 5.99. The summed E-state index contributed by atoms with van der Waals surface area (Å²) in [6, 6.07) is 10.6. The number of aryl methyl sites for hydroxylation is 1. The Kier molecular flexibility index (Phi) is 4.57. The molecule has 98 valence electrons. The van der Waals surface area contributed by atoms with Gasteiger partial charge in [0.1, 0.15) is 0 Å². The molecule has 0 unspecified atom stereocenters. The van der Waals surface area contributed by atoms with Crippen molar-refractivity contribution in [2.45, 2.75) is 32.6 Å². The average molecular weight is 250 g/mol. The molecule has 0 bridgehead atoms. The maximum Gasteiger partial charge on any atom is -0.0148 e. The van der Waals surface area contributed by atoms with Gasteiger partial charge in [-0.1, -0.05) is 75.3 Å². The van der Waals surface area contributed by atoms with Crippen molar-refractivity contribution in [3.63, 3.8) is 0 Å². The fraction of sp³-hybridized carbons (Fsp3) is 0.263. The zero-order valence-corrected chi connectivity index (χ0v) is 11.8. The van der Waals surface area contributed by atoms with Crippen LogP contribution < -0.4 is 0 Å². The summed E-state index contributed by atoms with van der Waals surface area (Å²) in [4.78, 5) is 0. The first-order valence-corrected chi connectivity index (χ1v) is 7.05. The molecule has 0 spiro atoms. The molecule has 2 aromatic rings. The van der Waals surface area contributed by atoms with E-state index in [9.17, 15) is 0 Å². The summed E-state index contributed by atoms with van der Waals surface area (Å²) in [7, 11) is 0. The quantitative estimate of drug-likeness (QED) is 0.613. The Labute approximate surface area is 116 Å². The van der Waals surface area contributed by atoms with Crippen LogP contribution >= 0.6 is 0 Å². The minimum absolute atomic E-state index is 1.15. The average Bonchev–Trinajstić information content (AvgIpc) is 2.36. The van der Waals surface area contributed by atoms with Gasteiger partial charge in [0.15, 0.2) is 0 Å². The highest BCUT2D eigenvalue weighted by molar-refractivity contribution is 5.91. The molecule has 2 aromatic carbocycles. The van der Waals surface area contributed by atoms with Crippen LogP contribution in [0.3, 0.4) is 0 Å². The normalized spacial score (nSPS) is 13.1. The second-order valence-corrected chi connectivity index (χ2v) is 5.05. The molecular weight excluding hydrogens is 228 g/mol. The van der Waals surface area contributed by atoms with Crippen LogP contribution in [0.4, 0.5) is 0 Å². The molecule has 0 nitrogen and oxygen atoms in total. The molecule has 3 rings (SSSR count). The molecule has 0 saturated heterocycles. The zero-order valence-electron chi connectivity index (χ0n) is 11.8. The van der Waals surface area contributed by atoms with Gasteiger partial charge in [-0.3, -0.25) is 0 Å². The molecule has 0 heteroatoms.